The standard InChI is InChI=1S/C30H34O7/c1-17(2)28-13-19(4)30-23(26(28)35-29(36-28,37-30)15-21-9-7-6-8-10-21)12-22(16-34-20(5)31)14-27(33)24(30)11-18(3)25(27)32/h6-12,19,23-24,26,33H,1,13-16H2,2-5H3/t19-,23+,24-,26-,27-,28-,29+,30?/m0/s1. The SMILES string of the molecule is C=C(C)[C@@]12C[C@H](C)C34O[C@](Cc5ccccc5)(O[C@H]1[C@H]3C=C(COC(C)=O)C[C@@]1(O)C(=O)C(C)=C[C@H]41)O2. The van der Waals surface area contributed by atoms with E-state index in [1.54, 1.807) is 6.92 Å². The van der Waals surface area contributed by atoms with Crippen molar-refractivity contribution in [3.63, 3.8) is 0 Å². The third-order valence-electron chi connectivity index (χ3n) is 9.19. The van der Waals surface area contributed by atoms with Crippen molar-refractivity contribution in [2.24, 2.45) is 17.8 Å². The lowest BCUT2D eigenvalue weighted by molar-refractivity contribution is -0.421. The van der Waals surface area contributed by atoms with Gasteiger partial charge in [-0.3, -0.25) is 9.59 Å². The first-order valence-corrected chi connectivity index (χ1v) is 13.0. The number of esters is 1. The Morgan fingerprint density at radius 2 is 1.92 bits per heavy atom. The zero-order valence-corrected chi connectivity index (χ0v) is 21.8. The average molecular weight is 507 g/mol. The van der Waals surface area contributed by atoms with E-state index in [4.69, 9.17) is 18.9 Å². The number of fused-ring (bicyclic) bond motifs is 2. The molecule has 1 unspecified atom stereocenters. The van der Waals surface area contributed by atoms with E-state index in [-0.39, 0.29) is 30.6 Å². The van der Waals surface area contributed by atoms with Crippen LogP contribution in [0, 0.1) is 17.8 Å². The summed E-state index contributed by atoms with van der Waals surface area (Å²) in [4.78, 5) is 25.2. The number of carbonyl (C=O) groups excluding carboxylic acids is 2. The minimum atomic E-state index is -1.72. The quantitative estimate of drug-likeness (QED) is 0.480. The van der Waals surface area contributed by atoms with Gasteiger partial charge in [-0.1, -0.05) is 56.0 Å². The lowest BCUT2D eigenvalue weighted by atomic mass is 9.55. The Balaban J connectivity index is 1.55. The molecule has 7 nitrogen and oxygen atoms in total. The van der Waals surface area contributed by atoms with Gasteiger partial charge in [-0.25, -0.2) is 0 Å². The fraction of sp³-hybridized carbons (Fsp3) is 0.533. The predicted molar refractivity (Wildman–Crippen MR) is 134 cm³/mol. The third-order valence-corrected chi connectivity index (χ3v) is 9.19. The van der Waals surface area contributed by atoms with Gasteiger partial charge >= 0.3 is 5.97 Å². The highest BCUT2D eigenvalue weighted by molar-refractivity contribution is 6.04. The molecule has 3 fully saturated rings. The minimum Gasteiger partial charge on any atom is -0.461 e. The number of hydrogen-bond donors (Lipinski definition) is 1. The summed E-state index contributed by atoms with van der Waals surface area (Å²) < 4.78 is 26.0. The van der Waals surface area contributed by atoms with Gasteiger partial charge in [0.15, 0.2) is 5.78 Å². The molecular formula is C30H34O7. The van der Waals surface area contributed by atoms with Crippen LogP contribution in [-0.2, 0) is 35.0 Å². The van der Waals surface area contributed by atoms with Crippen molar-refractivity contribution in [2.75, 3.05) is 6.61 Å². The van der Waals surface area contributed by atoms with Gasteiger partial charge in [-0.15, -0.1) is 0 Å². The lowest BCUT2D eigenvalue weighted by Crippen LogP contribution is -2.70. The van der Waals surface area contributed by atoms with E-state index in [1.165, 1.54) is 6.92 Å². The molecule has 8 atom stereocenters. The Kier molecular flexibility index (Phi) is 5.32. The fourth-order valence-electron chi connectivity index (χ4n) is 7.68. The van der Waals surface area contributed by atoms with Crippen LogP contribution < -0.4 is 0 Å². The monoisotopic (exact) mass is 506 g/mol. The number of benzene rings is 1. The Hall–Kier alpha value is -2.58. The molecule has 1 aromatic carbocycles. The van der Waals surface area contributed by atoms with Crippen LogP contribution in [0.25, 0.3) is 0 Å². The maximum absolute atomic E-state index is 13.5. The van der Waals surface area contributed by atoms with Gasteiger partial charge in [0.05, 0.1) is 12.0 Å². The minimum absolute atomic E-state index is 0.0134. The largest absolute Gasteiger partial charge is 0.461 e. The summed E-state index contributed by atoms with van der Waals surface area (Å²) in [5.41, 5.74) is -0.469. The first-order valence-electron chi connectivity index (χ1n) is 13.0. The first kappa shape index (κ1) is 24.7. The molecule has 6 rings (SSSR count). The molecule has 5 aliphatic rings. The van der Waals surface area contributed by atoms with Crippen LogP contribution in [0.15, 0.2) is 65.8 Å². The van der Waals surface area contributed by atoms with Crippen molar-refractivity contribution >= 4 is 11.8 Å². The maximum atomic E-state index is 13.5. The predicted octanol–water partition coefficient (Wildman–Crippen LogP) is 3.81. The smallest absolute Gasteiger partial charge is 0.302 e. The number of rotatable bonds is 5. The van der Waals surface area contributed by atoms with Crippen molar-refractivity contribution in [3.8, 4) is 0 Å². The number of ether oxygens (including phenoxy) is 4. The third kappa shape index (κ3) is 3.27. The number of aliphatic hydroxyl groups is 1. The van der Waals surface area contributed by atoms with Gasteiger partial charge in [0.2, 0.25) is 0 Å². The molecule has 2 heterocycles. The summed E-state index contributed by atoms with van der Waals surface area (Å²) in [5, 5.41) is 12.1. The van der Waals surface area contributed by atoms with Crippen molar-refractivity contribution in [1.82, 2.24) is 0 Å². The van der Waals surface area contributed by atoms with E-state index in [1.807, 2.05) is 49.4 Å². The van der Waals surface area contributed by atoms with Crippen LogP contribution in [0.3, 0.4) is 0 Å². The van der Waals surface area contributed by atoms with Crippen LogP contribution >= 0.6 is 0 Å². The Labute approximate surface area is 217 Å². The van der Waals surface area contributed by atoms with Crippen molar-refractivity contribution in [1.29, 1.82) is 0 Å². The topological polar surface area (TPSA) is 91.3 Å². The summed E-state index contributed by atoms with van der Waals surface area (Å²) in [6.45, 7) is 11.4. The second-order valence-electron chi connectivity index (χ2n) is 11.6. The molecule has 0 amide bonds. The van der Waals surface area contributed by atoms with E-state index in [0.29, 0.717) is 24.0 Å². The van der Waals surface area contributed by atoms with Crippen LogP contribution in [0.5, 0.6) is 0 Å². The Morgan fingerprint density at radius 3 is 2.59 bits per heavy atom. The Morgan fingerprint density at radius 1 is 1.19 bits per heavy atom. The van der Waals surface area contributed by atoms with Gasteiger partial charge in [0.25, 0.3) is 5.97 Å². The number of hydrogen-bond acceptors (Lipinski definition) is 7. The molecule has 2 aliphatic heterocycles. The second-order valence-corrected chi connectivity index (χ2v) is 11.6. The number of ketones is 1. The fourth-order valence-corrected chi connectivity index (χ4v) is 7.68. The molecule has 3 aliphatic carbocycles. The van der Waals surface area contributed by atoms with Crippen LogP contribution in [0.4, 0.5) is 0 Å². The molecule has 1 saturated carbocycles. The molecule has 1 N–H and O–H groups in total. The molecular weight excluding hydrogens is 472 g/mol. The number of Topliss-reactive ketones (excluding diaryl/α,β-unsaturated/α-hetero) is 1. The zero-order chi connectivity index (χ0) is 26.4. The summed E-state index contributed by atoms with van der Waals surface area (Å²) >= 11 is 0. The lowest BCUT2D eigenvalue weighted by Gasteiger charge is -2.59. The highest BCUT2D eigenvalue weighted by Gasteiger charge is 2.79. The van der Waals surface area contributed by atoms with Crippen LogP contribution in [0.1, 0.15) is 46.1 Å². The molecule has 0 aromatic heterocycles. The second kappa shape index (κ2) is 7.96. The van der Waals surface area contributed by atoms with Crippen LogP contribution in [0.2, 0.25) is 0 Å². The van der Waals surface area contributed by atoms with E-state index >= 15 is 0 Å². The van der Waals surface area contributed by atoms with E-state index < -0.39 is 40.8 Å². The molecule has 3 bridgehead atoms. The highest BCUT2D eigenvalue weighted by atomic mass is 16.9. The first-order chi connectivity index (χ1) is 17.5. The molecule has 7 heteroatoms. The highest BCUT2D eigenvalue weighted by Crippen LogP contribution is 2.68. The summed E-state index contributed by atoms with van der Waals surface area (Å²) in [6.07, 6.45) is 4.44. The molecule has 0 radical (unpaired) electrons. The average Bonchev–Trinajstić information content (AvgIpc) is 3.14. The van der Waals surface area contributed by atoms with E-state index in [0.717, 1.165) is 11.1 Å². The van der Waals surface area contributed by atoms with Crippen LogP contribution in [-0.4, -0.2) is 52.3 Å². The Bertz CT molecular complexity index is 1250. The molecule has 37 heavy (non-hydrogen) atoms. The van der Waals surface area contributed by atoms with Gasteiger partial charge in [0.1, 0.15) is 23.9 Å². The molecule has 196 valence electrons. The molecule has 1 aromatic rings. The normalized spacial score (nSPS) is 43.4. The molecule has 2 saturated heterocycles. The van der Waals surface area contributed by atoms with Crippen molar-refractivity contribution < 1.29 is 33.6 Å². The zero-order valence-electron chi connectivity index (χ0n) is 21.8. The van der Waals surface area contributed by atoms with Gasteiger partial charge in [-0.2, -0.15) is 0 Å². The van der Waals surface area contributed by atoms with Crippen molar-refractivity contribution in [2.45, 2.75) is 75.8 Å². The summed E-state index contributed by atoms with van der Waals surface area (Å²) in [6, 6.07) is 9.89. The van der Waals surface area contributed by atoms with Gasteiger partial charge in [0, 0.05) is 25.2 Å². The van der Waals surface area contributed by atoms with E-state index in [2.05, 4.69) is 13.5 Å². The van der Waals surface area contributed by atoms with Crippen molar-refractivity contribution in [3.05, 3.63) is 71.3 Å². The summed E-state index contributed by atoms with van der Waals surface area (Å²) in [5.74, 6) is -3.22. The molecule has 0 spiro atoms. The van der Waals surface area contributed by atoms with E-state index in [9.17, 15) is 14.7 Å². The maximum Gasteiger partial charge on any atom is 0.302 e. The summed E-state index contributed by atoms with van der Waals surface area (Å²) in [7, 11) is 0. The van der Waals surface area contributed by atoms with Gasteiger partial charge < -0.3 is 24.1 Å². The number of carbonyl (C=O) groups is 2. The van der Waals surface area contributed by atoms with Gasteiger partial charge in [-0.05, 0) is 48.5 Å².